The number of ether oxygens (including phenoxy) is 2. The first kappa shape index (κ1) is 42.0. The highest BCUT2D eigenvalue weighted by atomic mass is 16.7. The summed E-state index contributed by atoms with van der Waals surface area (Å²) in [6, 6.07) is 8.74. The number of hydrazine groups is 1. The molecular weight excluding hydrogens is 686 g/mol. The summed E-state index contributed by atoms with van der Waals surface area (Å²) >= 11 is 0. The molecule has 282 valence electrons. The number of amides is 3. The molecule has 0 saturated carbocycles. The number of carbonyl (C=O) groups excluding carboxylic acids is 5. The second-order valence-electron chi connectivity index (χ2n) is 12.5. The predicted octanol–water partition coefficient (Wildman–Crippen LogP) is 1.54. The fourth-order valence-corrected chi connectivity index (χ4v) is 4.55. The molecule has 0 aromatic heterocycles. The lowest BCUT2D eigenvalue weighted by molar-refractivity contribution is -0.641. The maximum atomic E-state index is 13.7. The number of esters is 1. The number of hydrogen-bond acceptors (Lipinski definition) is 13. The van der Waals surface area contributed by atoms with Gasteiger partial charge in [0.25, 0.3) is 11.6 Å². The van der Waals surface area contributed by atoms with Crippen LogP contribution in [0.4, 0.5) is 16.2 Å². The van der Waals surface area contributed by atoms with Crippen molar-refractivity contribution in [2.45, 2.75) is 77.3 Å². The van der Waals surface area contributed by atoms with Gasteiger partial charge in [0.05, 0.1) is 23.6 Å². The fraction of sp³-hybridized carbons (Fsp3) is 0.438. The fourth-order valence-electron chi connectivity index (χ4n) is 4.55. The lowest BCUT2D eigenvalue weighted by Gasteiger charge is -2.28. The van der Waals surface area contributed by atoms with Crippen LogP contribution in [0.3, 0.4) is 0 Å². The van der Waals surface area contributed by atoms with Gasteiger partial charge in [-0.2, -0.15) is 0 Å². The number of nitrogens with two attached hydrogens (primary N) is 3. The van der Waals surface area contributed by atoms with Crippen LogP contribution < -0.4 is 27.8 Å². The van der Waals surface area contributed by atoms with Crippen molar-refractivity contribution in [1.29, 1.82) is 0 Å². The van der Waals surface area contributed by atoms with Crippen LogP contribution >= 0.6 is 0 Å². The van der Waals surface area contributed by atoms with Crippen molar-refractivity contribution in [1.82, 2.24) is 10.3 Å². The number of Topliss-reactive ketones (excluding diaryl/α,β-unsaturated/α-hetero) is 1. The Labute approximate surface area is 298 Å². The molecular formula is C32H43N9O11. The Balaban J connectivity index is 2.29. The molecule has 8 N–H and O–H groups in total. The number of rotatable bonds is 18. The number of nitrogens with one attached hydrogen (secondary N) is 2. The molecule has 0 heterocycles. The summed E-state index contributed by atoms with van der Waals surface area (Å²) in [5, 5.41) is 26.8. The van der Waals surface area contributed by atoms with E-state index in [0.29, 0.717) is 0 Å². The van der Waals surface area contributed by atoms with Crippen LogP contribution in [0.5, 0.6) is 0 Å². The van der Waals surface area contributed by atoms with Gasteiger partial charge in [0.15, 0.2) is 22.8 Å². The largest absolute Gasteiger partial charge is 0.469 e. The van der Waals surface area contributed by atoms with Gasteiger partial charge in [0.1, 0.15) is 12.2 Å². The Morgan fingerprint density at radius 3 is 2.12 bits per heavy atom. The topological polar surface area (TPSA) is 308 Å². The van der Waals surface area contributed by atoms with E-state index in [9.17, 15) is 44.2 Å². The molecule has 0 fully saturated rings. The van der Waals surface area contributed by atoms with Crippen LogP contribution in [0.2, 0.25) is 0 Å². The third-order valence-electron chi connectivity index (χ3n) is 7.13. The number of benzene rings is 2. The quantitative estimate of drug-likeness (QED) is 0.0478. The molecule has 0 aliphatic heterocycles. The third kappa shape index (κ3) is 14.0. The summed E-state index contributed by atoms with van der Waals surface area (Å²) in [5.41, 5.74) is 16.1. The number of nitro benzene ring substituents is 1. The standard InChI is InChI=1S/C32H43N9O11/c1-19(37-28(44)24(33)14-15-26(42)51-18-20-8-6-5-7-9-20)27(43)21(17-36-30(34)35)16-25(39(41(49)50)31(46)52-32(2,3)4)29(45)38-22-10-12-23(13-11-22)40(47)48/h5-13,19,21,24-25H,14-18,33H2,1-4H3,(H,37,44)(H,38,45)(H4,34,35,36)/t19-,21?,24-,25-/m0/s1. The second kappa shape index (κ2) is 19.3. The number of nitro groups is 2. The van der Waals surface area contributed by atoms with Gasteiger partial charge < -0.3 is 37.3 Å². The number of non-ortho nitro benzene ring substituents is 1. The van der Waals surface area contributed by atoms with E-state index in [4.69, 9.17) is 26.7 Å². The maximum Gasteiger partial charge on any atom is 0.469 e. The second-order valence-corrected chi connectivity index (χ2v) is 12.5. The van der Waals surface area contributed by atoms with Crippen LogP contribution in [0.1, 0.15) is 52.5 Å². The van der Waals surface area contributed by atoms with Gasteiger partial charge in [-0.3, -0.25) is 34.3 Å². The number of aliphatic imine (C=N–C) groups is 1. The average Bonchev–Trinajstić information content (AvgIpc) is 3.06. The zero-order valence-corrected chi connectivity index (χ0v) is 29.1. The SMILES string of the molecule is C[C@H](NC(=O)[C@@H](N)CCC(=O)OCc1ccccc1)C(=O)C(CN=C(N)N)C[C@@H](C(=O)Nc1ccc([N+](=O)[O-])cc1)N(C(=O)OC(C)(C)C)[N+](=O)[O-]. The Kier molecular flexibility index (Phi) is 15.6. The first-order valence-electron chi connectivity index (χ1n) is 15.9. The summed E-state index contributed by atoms with van der Waals surface area (Å²) in [4.78, 5) is 91.9. The van der Waals surface area contributed by atoms with E-state index in [0.717, 1.165) is 29.8 Å². The molecule has 0 aliphatic rings. The average molecular weight is 730 g/mol. The zero-order chi connectivity index (χ0) is 39.2. The highest BCUT2D eigenvalue weighted by Crippen LogP contribution is 2.22. The molecule has 20 heteroatoms. The molecule has 0 aliphatic carbocycles. The number of ketones is 1. The molecule has 2 rings (SSSR count). The van der Waals surface area contributed by atoms with Crippen molar-refractivity contribution < 1.29 is 43.4 Å². The molecule has 0 bridgehead atoms. The summed E-state index contributed by atoms with van der Waals surface area (Å²) in [5.74, 6) is -5.29. The lowest BCUT2D eigenvalue weighted by Crippen LogP contribution is -2.54. The molecule has 0 saturated heterocycles. The molecule has 2 aromatic carbocycles. The van der Waals surface area contributed by atoms with Gasteiger partial charge in [0, 0.05) is 30.2 Å². The Bertz CT molecular complexity index is 1630. The number of hydrogen-bond donors (Lipinski definition) is 5. The molecule has 0 radical (unpaired) electrons. The monoisotopic (exact) mass is 729 g/mol. The van der Waals surface area contributed by atoms with E-state index in [-0.39, 0.29) is 35.8 Å². The van der Waals surface area contributed by atoms with Crippen LogP contribution in [0.15, 0.2) is 59.6 Å². The molecule has 2 aromatic rings. The summed E-state index contributed by atoms with van der Waals surface area (Å²) in [7, 11) is 0. The minimum atomic E-state index is -2.05. The van der Waals surface area contributed by atoms with E-state index >= 15 is 0 Å². The Hall–Kier alpha value is -6.18. The molecule has 1 unspecified atom stereocenters. The number of carbonyl (C=O) groups is 5. The van der Waals surface area contributed by atoms with Gasteiger partial charge in [-0.25, -0.2) is 14.9 Å². The molecule has 52 heavy (non-hydrogen) atoms. The zero-order valence-electron chi connectivity index (χ0n) is 29.1. The van der Waals surface area contributed by atoms with Crippen molar-refractivity contribution >= 4 is 47.0 Å². The van der Waals surface area contributed by atoms with Crippen molar-refractivity contribution in [2.24, 2.45) is 28.1 Å². The Morgan fingerprint density at radius 2 is 1.58 bits per heavy atom. The summed E-state index contributed by atoms with van der Waals surface area (Å²) in [6.45, 7) is 5.09. The highest BCUT2D eigenvalue weighted by molar-refractivity contribution is 5.97. The van der Waals surface area contributed by atoms with E-state index < -0.39 is 88.2 Å². The summed E-state index contributed by atoms with van der Waals surface area (Å²) in [6.07, 6.45) is -2.63. The molecule has 0 spiro atoms. The highest BCUT2D eigenvalue weighted by Gasteiger charge is 2.44. The van der Waals surface area contributed by atoms with Crippen molar-refractivity contribution in [3.63, 3.8) is 0 Å². The Morgan fingerprint density at radius 1 is 0.962 bits per heavy atom. The number of nitrogens with zero attached hydrogens (tertiary/aromatic N) is 4. The van der Waals surface area contributed by atoms with Crippen molar-refractivity contribution in [3.8, 4) is 0 Å². The van der Waals surface area contributed by atoms with Crippen molar-refractivity contribution in [2.75, 3.05) is 11.9 Å². The van der Waals surface area contributed by atoms with Crippen LogP contribution in [-0.4, -0.2) is 80.9 Å². The lowest BCUT2D eigenvalue weighted by atomic mass is 9.91. The first-order chi connectivity index (χ1) is 24.3. The first-order valence-corrected chi connectivity index (χ1v) is 15.9. The van der Waals surface area contributed by atoms with E-state index in [1.165, 1.54) is 27.7 Å². The van der Waals surface area contributed by atoms with Crippen LogP contribution in [-0.2, 0) is 35.3 Å². The van der Waals surface area contributed by atoms with Gasteiger partial charge in [-0.15, -0.1) is 0 Å². The molecule has 20 nitrogen and oxygen atoms in total. The smallest absolute Gasteiger partial charge is 0.461 e. The van der Waals surface area contributed by atoms with Gasteiger partial charge in [0.2, 0.25) is 5.91 Å². The van der Waals surface area contributed by atoms with Crippen molar-refractivity contribution in [3.05, 3.63) is 80.4 Å². The van der Waals surface area contributed by atoms with E-state index in [1.807, 2.05) is 6.07 Å². The minimum absolute atomic E-state index is 0.0263. The maximum absolute atomic E-state index is 13.7. The molecule has 4 atom stereocenters. The normalized spacial score (nSPS) is 13.2. The van der Waals surface area contributed by atoms with Gasteiger partial charge in [-0.1, -0.05) is 30.3 Å². The van der Waals surface area contributed by atoms with E-state index in [1.54, 1.807) is 24.3 Å². The van der Waals surface area contributed by atoms with Gasteiger partial charge in [-0.05, 0) is 63.2 Å². The predicted molar refractivity (Wildman–Crippen MR) is 185 cm³/mol. The molecule has 3 amide bonds. The van der Waals surface area contributed by atoms with Crippen LogP contribution in [0.25, 0.3) is 0 Å². The minimum Gasteiger partial charge on any atom is -0.461 e. The summed E-state index contributed by atoms with van der Waals surface area (Å²) < 4.78 is 10.3. The third-order valence-corrected chi connectivity index (χ3v) is 7.13. The number of guanidine groups is 1. The van der Waals surface area contributed by atoms with Crippen LogP contribution in [0, 0.1) is 26.1 Å². The van der Waals surface area contributed by atoms with Gasteiger partial charge >= 0.3 is 12.1 Å². The van der Waals surface area contributed by atoms with E-state index in [2.05, 4.69) is 15.6 Å². The number of anilines is 1.